The molecule has 7 heteroatoms. The van der Waals surface area contributed by atoms with Crippen LogP contribution in [0.3, 0.4) is 0 Å². The van der Waals surface area contributed by atoms with Gasteiger partial charge >= 0.3 is 0 Å². The van der Waals surface area contributed by atoms with E-state index in [2.05, 4.69) is 10.3 Å². The molecule has 3 rings (SSSR count). The van der Waals surface area contributed by atoms with Crippen LogP contribution >= 0.6 is 22.7 Å². The van der Waals surface area contributed by atoms with Crippen molar-refractivity contribution in [1.29, 1.82) is 0 Å². The average Bonchev–Trinajstić information content (AvgIpc) is 3.24. The predicted molar refractivity (Wildman–Crippen MR) is 105 cm³/mol. The number of rotatable bonds is 6. The molecule has 3 aromatic rings. The van der Waals surface area contributed by atoms with Crippen LogP contribution in [0.25, 0.3) is 9.88 Å². The molecule has 1 atom stereocenters. The molecule has 0 radical (unpaired) electrons. The zero-order chi connectivity index (χ0) is 18.7. The summed E-state index contributed by atoms with van der Waals surface area (Å²) in [4.78, 5) is 20.8. The average molecular weight is 390 g/mol. The molecule has 1 amide bonds. The van der Waals surface area contributed by atoms with Crippen molar-refractivity contribution in [2.75, 3.05) is 20.6 Å². The molecule has 2 heterocycles. The molecule has 0 spiro atoms. The van der Waals surface area contributed by atoms with Crippen LogP contribution in [0, 0.1) is 12.7 Å². The lowest BCUT2D eigenvalue weighted by Crippen LogP contribution is -2.34. The third kappa shape index (κ3) is 4.17. The lowest BCUT2D eigenvalue weighted by Gasteiger charge is -2.25. The van der Waals surface area contributed by atoms with Crippen LogP contribution in [-0.2, 0) is 0 Å². The number of benzene rings is 1. The highest BCUT2D eigenvalue weighted by Gasteiger charge is 2.20. The van der Waals surface area contributed by atoms with E-state index in [1.165, 1.54) is 23.5 Å². The SMILES string of the molecule is Cc1nc(-c2cccs2)sc1C(=O)NCC(c1cccc(F)c1)N(C)C. The van der Waals surface area contributed by atoms with Gasteiger partial charge in [0, 0.05) is 6.54 Å². The van der Waals surface area contributed by atoms with Gasteiger partial charge in [0.2, 0.25) is 0 Å². The van der Waals surface area contributed by atoms with Crippen LogP contribution in [0.15, 0.2) is 41.8 Å². The van der Waals surface area contributed by atoms with E-state index in [4.69, 9.17) is 0 Å². The Hall–Kier alpha value is -2.09. The van der Waals surface area contributed by atoms with Crippen LogP contribution < -0.4 is 5.32 Å². The molecular formula is C19H20FN3OS2. The fraction of sp³-hybridized carbons (Fsp3) is 0.263. The number of aromatic nitrogens is 1. The van der Waals surface area contributed by atoms with E-state index in [1.54, 1.807) is 17.4 Å². The van der Waals surface area contributed by atoms with Gasteiger partial charge in [-0.05, 0) is 50.2 Å². The molecule has 0 aliphatic heterocycles. The van der Waals surface area contributed by atoms with Gasteiger partial charge in [0.1, 0.15) is 15.7 Å². The van der Waals surface area contributed by atoms with E-state index in [1.807, 2.05) is 49.5 Å². The number of carbonyl (C=O) groups is 1. The number of thiazole rings is 1. The van der Waals surface area contributed by atoms with Crippen molar-refractivity contribution in [3.05, 3.63) is 63.7 Å². The smallest absolute Gasteiger partial charge is 0.263 e. The molecule has 0 fully saturated rings. The Bertz CT molecular complexity index is 890. The summed E-state index contributed by atoms with van der Waals surface area (Å²) in [6, 6.07) is 10.3. The molecule has 0 saturated heterocycles. The van der Waals surface area contributed by atoms with Crippen molar-refractivity contribution < 1.29 is 9.18 Å². The summed E-state index contributed by atoms with van der Waals surface area (Å²) in [7, 11) is 3.82. The van der Waals surface area contributed by atoms with Gasteiger partial charge in [0.05, 0.1) is 16.6 Å². The summed E-state index contributed by atoms with van der Waals surface area (Å²) in [5, 5.41) is 5.82. The van der Waals surface area contributed by atoms with E-state index in [9.17, 15) is 9.18 Å². The summed E-state index contributed by atoms with van der Waals surface area (Å²) in [6.07, 6.45) is 0. The fourth-order valence-electron chi connectivity index (χ4n) is 2.69. The van der Waals surface area contributed by atoms with Gasteiger partial charge in [0.25, 0.3) is 5.91 Å². The van der Waals surface area contributed by atoms with E-state index in [0.29, 0.717) is 11.4 Å². The van der Waals surface area contributed by atoms with Crippen LogP contribution in [0.5, 0.6) is 0 Å². The maximum absolute atomic E-state index is 13.5. The summed E-state index contributed by atoms with van der Waals surface area (Å²) >= 11 is 3.00. The highest BCUT2D eigenvalue weighted by molar-refractivity contribution is 7.22. The quantitative estimate of drug-likeness (QED) is 0.682. The normalized spacial score (nSPS) is 12.3. The Kier molecular flexibility index (Phi) is 5.80. The number of carbonyl (C=O) groups excluding carboxylic acids is 1. The fourth-order valence-corrected chi connectivity index (χ4v) is 4.47. The number of hydrogen-bond donors (Lipinski definition) is 1. The Morgan fingerprint density at radius 1 is 1.31 bits per heavy atom. The zero-order valence-electron chi connectivity index (χ0n) is 14.8. The Labute approximate surface area is 160 Å². The number of hydrogen-bond acceptors (Lipinski definition) is 5. The number of likely N-dealkylation sites (N-methyl/N-ethyl adjacent to an activating group) is 1. The minimum Gasteiger partial charge on any atom is -0.349 e. The van der Waals surface area contributed by atoms with Crippen molar-refractivity contribution in [2.24, 2.45) is 0 Å². The van der Waals surface area contributed by atoms with E-state index in [-0.39, 0.29) is 17.8 Å². The highest BCUT2D eigenvalue weighted by atomic mass is 32.1. The van der Waals surface area contributed by atoms with Crippen LogP contribution in [0.2, 0.25) is 0 Å². The van der Waals surface area contributed by atoms with Crippen molar-refractivity contribution in [1.82, 2.24) is 15.2 Å². The molecule has 0 saturated carbocycles. The number of thiophene rings is 1. The monoisotopic (exact) mass is 389 g/mol. The lowest BCUT2D eigenvalue weighted by molar-refractivity contribution is 0.0945. The molecule has 136 valence electrons. The van der Waals surface area contributed by atoms with Crippen molar-refractivity contribution in [2.45, 2.75) is 13.0 Å². The van der Waals surface area contributed by atoms with Crippen LogP contribution in [0.1, 0.15) is 27.0 Å². The molecule has 0 bridgehead atoms. The summed E-state index contributed by atoms with van der Waals surface area (Å²) in [6.45, 7) is 2.24. The molecule has 1 aromatic carbocycles. The Morgan fingerprint density at radius 2 is 2.12 bits per heavy atom. The maximum Gasteiger partial charge on any atom is 0.263 e. The third-order valence-corrected chi connectivity index (χ3v) is 6.24. The second-order valence-corrected chi connectivity index (χ2v) is 8.10. The molecule has 4 nitrogen and oxygen atoms in total. The molecule has 26 heavy (non-hydrogen) atoms. The van der Waals surface area contributed by atoms with Gasteiger partial charge in [-0.15, -0.1) is 22.7 Å². The van der Waals surface area contributed by atoms with Crippen molar-refractivity contribution in [3.63, 3.8) is 0 Å². The molecule has 0 aliphatic carbocycles. The molecule has 1 N–H and O–H groups in total. The molecule has 1 unspecified atom stereocenters. The van der Waals surface area contributed by atoms with Crippen molar-refractivity contribution >= 4 is 28.6 Å². The first kappa shape index (κ1) is 18.7. The van der Waals surface area contributed by atoms with E-state index >= 15 is 0 Å². The number of aryl methyl sites for hydroxylation is 1. The van der Waals surface area contributed by atoms with Gasteiger partial charge in [0.15, 0.2) is 0 Å². The largest absolute Gasteiger partial charge is 0.349 e. The summed E-state index contributed by atoms with van der Waals surface area (Å²) in [5.41, 5.74) is 1.55. The maximum atomic E-state index is 13.5. The van der Waals surface area contributed by atoms with Gasteiger partial charge < -0.3 is 10.2 Å². The van der Waals surface area contributed by atoms with Crippen LogP contribution in [-0.4, -0.2) is 36.4 Å². The minimum atomic E-state index is -0.278. The Balaban J connectivity index is 1.73. The Morgan fingerprint density at radius 3 is 2.77 bits per heavy atom. The number of amides is 1. The predicted octanol–water partition coefficient (Wildman–Crippen LogP) is 4.35. The standard InChI is InChI=1S/C19H20FN3OS2/c1-12-17(26-19(22-12)16-8-5-9-25-16)18(24)21-11-15(23(2)3)13-6-4-7-14(20)10-13/h4-10,15H,11H2,1-3H3,(H,21,24). The summed E-state index contributed by atoms with van der Waals surface area (Å²) in [5.74, 6) is -0.425. The first-order valence-electron chi connectivity index (χ1n) is 8.17. The molecule has 2 aromatic heterocycles. The van der Waals surface area contributed by atoms with Crippen molar-refractivity contribution in [3.8, 4) is 9.88 Å². The number of nitrogens with zero attached hydrogens (tertiary/aromatic N) is 2. The second-order valence-electron chi connectivity index (χ2n) is 6.16. The van der Waals surface area contributed by atoms with Gasteiger partial charge in [-0.2, -0.15) is 0 Å². The highest BCUT2D eigenvalue weighted by Crippen LogP contribution is 2.31. The van der Waals surface area contributed by atoms with Gasteiger partial charge in [-0.1, -0.05) is 18.2 Å². The van der Waals surface area contributed by atoms with Crippen LogP contribution in [0.4, 0.5) is 4.39 Å². The molecular weight excluding hydrogens is 369 g/mol. The third-order valence-electron chi connectivity index (χ3n) is 4.05. The van der Waals surface area contributed by atoms with Gasteiger partial charge in [-0.3, -0.25) is 4.79 Å². The minimum absolute atomic E-state index is 0.111. The van der Waals surface area contributed by atoms with Gasteiger partial charge in [-0.25, -0.2) is 9.37 Å². The van der Waals surface area contributed by atoms with E-state index < -0.39 is 0 Å². The zero-order valence-corrected chi connectivity index (χ0v) is 16.5. The first-order chi connectivity index (χ1) is 12.5. The second kappa shape index (κ2) is 8.07. The lowest BCUT2D eigenvalue weighted by atomic mass is 10.1. The van der Waals surface area contributed by atoms with E-state index in [0.717, 1.165) is 21.1 Å². The topological polar surface area (TPSA) is 45.2 Å². The first-order valence-corrected chi connectivity index (χ1v) is 9.86. The number of nitrogens with one attached hydrogen (secondary N) is 1. The molecule has 0 aliphatic rings. The summed E-state index contributed by atoms with van der Waals surface area (Å²) < 4.78 is 13.5. The number of halogens is 1.